The second kappa shape index (κ2) is 9.64. The van der Waals surface area contributed by atoms with Gasteiger partial charge >= 0.3 is 0 Å². The van der Waals surface area contributed by atoms with Crippen molar-refractivity contribution in [1.29, 1.82) is 0 Å². The van der Waals surface area contributed by atoms with Gasteiger partial charge in [-0.15, -0.1) is 0 Å². The lowest BCUT2D eigenvalue weighted by Crippen LogP contribution is -2.39. The third kappa shape index (κ3) is 3.74. The second-order valence-corrected chi connectivity index (χ2v) is 11.7. The number of allylic oxidation sites excluding steroid dienone is 6. The predicted molar refractivity (Wildman–Crippen MR) is 178 cm³/mol. The third-order valence-corrected chi connectivity index (χ3v) is 9.38. The van der Waals surface area contributed by atoms with Crippen molar-refractivity contribution in [2.24, 2.45) is 4.99 Å². The Kier molecular flexibility index (Phi) is 5.45. The number of hydrogen-bond donors (Lipinski definition) is 0. The molecular formula is C40H29N3. The Morgan fingerprint density at radius 3 is 2.09 bits per heavy atom. The van der Waals surface area contributed by atoms with Crippen molar-refractivity contribution in [3.05, 3.63) is 169 Å². The van der Waals surface area contributed by atoms with Gasteiger partial charge in [0.1, 0.15) is 11.7 Å². The molecule has 5 aromatic rings. The molecule has 2 heterocycles. The first kappa shape index (κ1) is 24.3. The highest BCUT2D eigenvalue weighted by Crippen LogP contribution is 2.53. The van der Waals surface area contributed by atoms with Gasteiger partial charge in [-0.05, 0) is 62.4 Å². The van der Waals surface area contributed by atoms with Crippen LogP contribution in [0.15, 0.2) is 157 Å². The molecule has 0 saturated carbocycles. The fourth-order valence-electron chi connectivity index (χ4n) is 7.47. The maximum atomic E-state index is 5.17. The lowest BCUT2D eigenvalue weighted by Gasteiger charge is -2.35. The van der Waals surface area contributed by atoms with Crippen LogP contribution in [0.1, 0.15) is 28.5 Å². The molecule has 43 heavy (non-hydrogen) atoms. The van der Waals surface area contributed by atoms with Crippen molar-refractivity contribution in [1.82, 2.24) is 4.98 Å². The lowest BCUT2D eigenvalue weighted by molar-refractivity contribution is 0.721. The van der Waals surface area contributed by atoms with Crippen LogP contribution in [0.3, 0.4) is 0 Å². The van der Waals surface area contributed by atoms with Gasteiger partial charge < -0.3 is 4.90 Å². The van der Waals surface area contributed by atoms with E-state index in [4.69, 9.17) is 9.98 Å². The molecule has 3 heteroatoms. The molecule has 1 aliphatic heterocycles. The van der Waals surface area contributed by atoms with Gasteiger partial charge in [-0.2, -0.15) is 0 Å². The zero-order valence-electron chi connectivity index (χ0n) is 23.6. The number of anilines is 1. The van der Waals surface area contributed by atoms with E-state index in [0.29, 0.717) is 11.8 Å². The van der Waals surface area contributed by atoms with Gasteiger partial charge in [0.25, 0.3) is 0 Å². The van der Waals surface area contributed by atoms with Crippen molar-refractivity contribution in [3.8, 4) is 22.3 Å². The molecule has 3 aliphatic carbocycles. The zero-order valence-corrected chi connectivity index (χ0v) is 23.6. The van der Waals surface area contributed by atoms with E-state index in [1.165, 1.54) is 44.2 Å². The molecule has 204 valence electrons. The fourth-order valence-corrected chi connectivity index (χ4v) is 7.47. The predicted octanol–water partition coefficient (Wildman–Crippen LogP) is 9.01. The van der Waals surface area contributed by atoms with E-state index in [0.717, 1.165) is 17.2 Å². The average Bonchev–Trinajstić information content (AvgIpc) is 3.48. The molecule has 0 saturated heterocycles. The zero-order chi connectivity index (χ0) is 28.3. The van der Waals surface area contributed by atoms with Crippen LogP contribution in [0.4, 0.5) is 5.82 Å². The highest BCUT2D eigenvalue weighted by molar-refractivity contribution is 6.13. The highest BCUT2D eigenvalue weighted by atomic mass is 15.3. The van der Waals surface area contributed by atoms with Crippen molar-refractivity contribution in [2.45, 2.75) is 23.9 Å². The van der Waals surface area contributed by atoms with Gasteiger partial charge in [0.2, 0.25) is 0 Å². The van der Waals surface area contributed by atoms with E-state index in [2.05, 4.69) is 138 Å². The summed E-state index contributed by atoms with van der Waals surface area (Å²) in [6.07, 6.45) is 19.6. The number of nitrogens with zero attached hydrogens (tertiary/aromatic N) is 3. The number of fused-ring (bicyclic) bond motifs is 9. The minimum Gasteiger partial charge on any atom is -0.301 e. The number of pyridine rings is 1. The van der Waals surface area contributed by atoms with Crippen LogP contribution in [0.25, 0.3) is 33.0 Å². The van der Waals surface area contributed by atoms with Crippen molar-refractivity contribution < 1.29 is 0 Å². The smallest absolute Gasteiger partial charge is 0.137 e. The van der Waals surface area contributed by atoms with E-state index < -0.39 is 0 Å². The summed E-state index contributed by atoms with van der Waals surface area (Å²) < 4.78 is 0. The highest BCUT2D eigenvalue weighted by Gasteiger charge is 2.37. The minimum absolute atomic E-state index is 0.0830. The summed E-state index contributed by atoms with van der Waals surface area (Å²) in [5, 5.41) is 2.60. The number of rotatable bonds is 3. The number of benzene rings is 4. The normalized spacial score (nSPS) is 22.6. The largest absolute Gasteiger partial charge is 0.301 e. The van der Waals surface area contributed by atoms with Crippen LogP contribution >= 0.6 is 0 Å². The Labute approximate surface area is 251 Å². The van der Waals surface area contributed by atoms with E-state index >= 15 is 0 Å². The SMILES string of the molecule is C1=CC2N=C(c3ccc(-c4cc5c(c6ccccc46)-c4ccccc4C4C=CC=CC54)cc3)N(c3ccccn3)C2C=C1. The summed E-state index contributed by atoms with van der Waals surface area (Å²) >= 11 is 0. The van der Waals surface area contributed by atoms with Gasteiger partial charge in [-0.1, -0.05) is 127 Å². The van der Waals surface area contributed by atoms with Gasteiger partial charge in [0, 0.05) is 23.6 Å². The Morgan fingerprint density at radius 1 is 0.558 bits per heavy atom. The van der Waals surface area contributed by atoms with Crippen LogP contribution in [0, 0.1) is 0 Å². The first-order valence-corrected chi connectivity index (χ1v) is 15.1. The van der Waals surface area contributed by atoms with Crippen molar-refractivity contribution >= 4 is 22.4 Å². The molecule has 4 aliphatic rings. The second-order valence-electron chi connectivity index (χ2n) is 11.7. The molecule has 3 nitrogen and oxygen atoms in total. The molecule has 0 radical (unpaired) electrons. The average molecular weight is 552 g/mol. The molecule has 4 atom stereocenters. The molecule has 9 rings (SSSR count). The molecule has 1 aromatic heterocycles. The third-order valence-electron chi connectivity index (χ3n) is 9.38. The van der Waals surface area contributed by atoms with E-state index in [1.54, 1.807) is 0 Å². The summed E-state index contributed by atoms with van der Waals surface area (Å²) in [5.41, 5.74) is 9.15. The molecule has 0 spiro atoms. The molecule has 0 bridgehead atoms. The first-order chi connectivity index (χ1) is 21.3. The lowest BCUT2D eigenvalue weighted by atomic mass is 9.68. The van der Waals surface area contributed by atoms with Gasteiger partial charge in [0.05, 0.1) is 12.1 Å². The van der Waals surface area contributed by atoms with E-state index in [9.17, 15) is 0 Å². The van der Waals surface area contributed by atoms with Crippen LogP contribution in [-0.2, 0) is 0 Å². The number of aromatic nitrogens is 1. The van der Waals surface area contributed by atoms with Crippen LogP contribution in [-0.4, -0.2) is 22.9 Å². The standard InChI is InChI=1S/C40H29N3/c1-2-13-30-28(11-1)29-12-3-5-15-32(29)39-33-16-6-4-14-31(33)34(25-35(30)39)26-20-22-27(23-21-26)40-42-36-17-7-8-18-37(36)43(40)38-19-9-10-24-41-38/h1-25,28,30,36-37H. The Morgan fingerprint density at radius 2 is 1.26 bits per heavy atom. The van der Waals surface area contributed by atoms with Gasteiger partial charge in [0.15, 0.2) is 0 Å². The summed E-state index contributed by atoms with van der Waals surface area (Å²) in [6.45, 7) is 0. The van der Waals surface area contributed by atoms with Crippen molar-refractivity contribution in [3.63, 3.8) is 0 Å². The number of amidine groups is 1. The number of aliphatic imine (C=N–C) groups is 1. The molecule has 0 N–H and O–H groups in total. The minimum atomic E-state index is 0.0830. The quantitative estimate of drug-likeness (QED) is 0.224. The van der Waals surface area contributed by atoms with E-state index in [1.807, 2.05) is 18.3 Å². The molecule has 4 aromatic carbocycles. The van der Waals surface area contributed by atoms with Gasteiger partial charge in [-0.3, -0.25) is 4.99 Å². The summed E-state index contributed by atoms with van der Waals surface area (Å²) in [6, 6.07) is 35.6. The van der Waals surface area contributed by atoms with Crippen molar-refractivity contribution in [2.75, 3.05) is 4.90 Å². The Hall–Kier alpha value is -5.28. The first-order valence-electron chi connectivity index (χ1n) is 15.1. The molecule has 0 amide bonds. The molecule has 4 unspecified atom stereocenters. The Balaban J connectivity index is 1.18. The Bertz CT molecular complexity index is 2050. The maximum absolute atomic E-state index is 5.17. The van der Waals surface area contributed by atoms with E-state index in [-0.39, 0.29) is 12.1 Å². The summed E-state index contributed by atoms with van der Waals surface area (Å²) in [7, 11) is 0. The monoisotopic (exact) mass is 551 g/mol. The maximum Gasteiger partial charge on any atom is 0.137 e. The summed E-state index contributed by atoms with van der Waals surface area (Å²) in [5.74, 6) is 2.56. The van der Waals surface area contributed by atoms with Gasteiger partial charge in [-0.25, -0.2) is 4.98 Å². The topological polar surface area (TPSA) is 28.5 Å². The fraction of sp³-hybridized carbons (Fsp3) is 0.100. The molecule has 0 fully saturated rings. The van der Waals surface area contributed by atoms with Crippen LogP contribution in [0.2, 0.25) is 0 Å². The number of hydrogen-bond acceptors (Lipinski definition) is 3. The van der Waals surface area contributed by atoms with Crippen LogP contribution < -0.4 is 4.90 Å². The molecular weight excluding hydrogens is 522 g/mol. The van der Waals surface area contributed by atoms with Crippen LogP contribution in [0.5, 0.6) is 0 Å². The summed E-state index contributed by atoms with van der Waals surface area (Å²) in [4.78, 5) is 12.1.